The van der Waals surface area contributed by atoms with Gasteiger partial charge in [-0.05, 0) is 31.5 Å². The quantitative estimate of drug-likeness (QED) is 0.218. The maximum absolute atomic E-state index is 13.6. The molecule has 1 aliphatic rings. The summed E-state index contributed by atoms with van der Waals surface area (Å²) >= 11 is 1.19. The number of nitro groups is 1. The molecule has 0 saturated heterocycles. The highest BCUT2D eigenvalue weighted by Gasteiger charge is 2.33. The van der Waals surface area contributed by atoms with Crippen LogP contribution >= 0.6 is 11.3 Å². The van der Waals surface area contributed by atoms with E-state index in [-0.39, 0.29) is 17.9 Å². The van der Waals surface area contributed by atoms with Crippen molar-refractivity contribution in [1.82, 2.24) is 4.57 Å². The van der Waals surface area contributed by atoms with Crippen molar-refractivity contribution < 1.29 is 18.9 Å². The van der Waals surface area contributed by atoms with E-state index in [1.165, 1.54) is 28.0 Å². The van der Waals surface area contributed by atoms with E-state index in [4.69, 9.17) is 9.15 Å². The number of aromatic nitrogens is 1. The lowest BCUT2D eigenvalue weighted by molar-refractivity contribution is -0.384. The molecule has 1 aliphatic heterocycles. The van der Waals surface area contributed by atoms with Gasteiger partial charge in [-0.1, -0.05) is 53.8 Å². The highest BCUT2D eigenvalue weighted by atomic mass is 32.1. The van der Waals surface area contributed by atoms with Crippen LogP contribution in [0.15, 0.2) is 92.2 Å². The normalized spacial score (nSPS) is 15.3. The summed E-state index contributed by atoms with van der Waals surface area (Å²) in [6, 6.07) is 18.1. The van der Waals surface area contributed by atoms with Crippen molar-refractivity contribution in [3.8, 4) is 11.3 Å². The van der Waals surface area contributed by atoms with Gasteiger partial charge in [-0.15, -0.1) is 0 Å². The number of benzene rings is 2. The van der Waals surface area contributed by atoms with Gasteiger partial charge in [-0.2, -0.15) is 0 Å². The van der Waals surface area contributed by atoms with Gasteiger partial charge in [-0.25, -0.2) is 9.79 Å². The molecule has 1 atom stereocenters. The second kappa shape index (κ2) is 9.82. The van der Waals surface area contributed by atoms with Gasteiger partial charge in [0, 0.05) is 23.8 Å². The van der Waals surface area contributed by atoms with Crippen molar-refractivity contribution in [3.63, 3.8) is 0 Å². The monoisotopic (exact) mass is 515 g/mol. The number of nitro benzene ring substituents is 1. The number of hydrogen-bond donors (Lipinski definition) is 0. The number of thiazole rings is 1. The minimum absolute atomic E-state index is 0.0440. The predicted molar refractivity (Wildman–Crippen MR) is 138 cm³/mol. The Hall–Kier alpha value is -4.57. The average molecular weight is 516 g/mol. The summed E-state index contributed by atoms with van der Waals surface area (Å²) in [6.45, 7) is 3.66. The average Bonchev–Trinajstić information content (AvgIpc) is 3.48. The fourth-order valence-corrected chi connectivity index (χ4v) is 5.26. The number of furan rings is 1. The Bertz CT molecular complexity index is 1730. The van der Waals surface area contributed by atoms with Crippen LogP contribution < -0.4 is 14.9 Å². The molecule has 0 saturated carbocycles. The molecule has 0 radical (unpaired) electrons. The van der Waals surface area contributed by atoms with Crippen molar-refractivity contribution in [2.24, 2.45) is 4.99 Å². The summed E-state index contributed by atoms with van der Waals surface area (Å²) in [5.74, 6) is 0.328. The number of non-ortho nitro benzene ring substituents is 1. The molecule has 2 aromatic heterocycles. The van der Waals surface area contributed by atoms with Gasteiger partial charge in [-0.3, -0.25) is 19.5 Å². The molecule has 10 heteroatoms. The van der Waals surface area contributed by atoms with Crippen LogP contribution in [0, 0.1) is 10.1 Å². The molecule has 0 amide bonds. The number of carbonyl (C=O) groups is 1. The topological polar surface area (TPSA) is 117 Å². The zero-order valence-electron chi connectivity index (χ0n) is 19.9. The summed E-state index contributed by atoms with van der Waals surface area (Å²) in [5, 5.41) is 11.1. The zero-order valence-corrected chi connectivity index (χ0v) is 20.7. The Morgan fingerprint density at radius 2 is 1.97 bits per heavy atom. The summed E-state index contributed by atoms with van der Waals surface area (Å²) in [4.78, 5) is 42.2. The summed E-state index contributed by atoms with van der Waals surface area (Å²) in [6.07, 6.45) is 1.61. The highest BCUT2D eigenvalue weighted by Crippen LogP contribution is 2.30. The first kappa shape index (κ1) is 24.1. The second-order valence-electron chi connectivity index (χ2n) is 8.22. The van der Waals surface area contributed by atoms with Gasteiger partial charge >= 0.3 is 5.97 Å². The molecule has 4 aromatic rings. The van der Waals surface area contributed by atoms with Crippen LogP contribution in [0.3, 0.4) is 0 Å². The van der Waals surface area contributed by atoms with Crippen LogP contribution in [0.5, 0.6) is 0 Å². The van der Waals surface area contributed by atoms with E-state index < -0.39 is 16.9 Å². The largest absolute Gasteiger partial charge is 0.463 e. The van der Waals surface area contributed by atoms with Gasteiger partial charge in [0.25, 0.3) is 11.2 Å². The van der Waals surface area contributed by atoms with Crippen LogP contribution in [0.25, 0.3) is 17.4 Å². The van der Waals surface area contributed by atoms with Crippen LogP contribution in [0.1, 0.15) is 31.2 Å². The molecule has 2 aromatic carbocycles. The number of hydrogen-bond acceptors (Lipinski definition) is 8. The Labute approximate surface area is 214 Å². The summed E-state index contributed by atoms with van der Waals surface area (Å²) in [5.41, 5.74) is 1.76. The molecular formula is C27H21N3O6S. The molecule has 5 rings (SSSR count). The number of rotatable bonds is 6. The first-order chi connectivity index (χ1) is 17.9. The summed E-state index contributed by atoms with van der Waals surface area (Å²) in [7, 11) is 0. The number of allylic oxidation sites excluding steroid dienone is 1. The first-order valence-corrected chi connectivity index (χ1v) is 12.3. The van der Waals surface area contributed by atoms with Crippen molar-refractivity contribution in [2.45, 2.75) is 19.9 Å². The Kier molecular flexibility index (Phi) is 6.41. The minimum atomic E-state index is -0.685. The van der Waals surface area contributed by atoms with Crippen LogP contribution in [-0.4, -0.2) is 22.1 Å². The van der Waals surface area contributed by atoms with Gasteiger partial charge < -0.3 is 9.15 Å². The van der Waals surface area contributed by atoms with Crippen LogP contribution in [-0.2, 0) is 9.53 Å². The van der Waals surface area contributed by atoms with Gasteiger partial charge in [0.2, 0.25) is 0 Å². The lowest BCUT2D eigenvalue weighted by atomic mass is 9.96. The fourth-order valence-electron chi connectivity index (χ4n) is 4.23. The predicted octanol–water partition coefficient (Wildman–Crippen LogP) is 3.97. The van der Waals surface area contributed by atoms with Crippen molar-refractivity contribution in [2.75, 3.05) is 6.61 Å². The molecule has 9 nitrogen and oxygen atoms in total. The fraction of sp³-hybridized carbons (Fsp3) is 0.148. The summed E-state index contributed by atoms with van der Waals surface area (Å²) < 4.78 is 13.1. The lowest BCUT2D eigenvalue weighted by Crippen LogP contribution is -2.39. The van der Waals surface area contributed by atoms with Gasteiger partial charge in [0.05, 0.1) is 33.4 Å². The maximum Gasteiger partial charge on any atom is 0.338 e. The van der Waals surface area contributed by atoms with Crippen molar-refractivity contribution >= 4 is 29.1 Å². The zero-order chi connectivity index (χ0) is 26.1. The van der Waals surface area contributed by atoms with Crippen molar-refractivity contribution in [1.29, 1.82) is 0 Å². The van der Waals surface area contributed by atoms with E-state index >= 15 is 0 Å². The number of fused-ring (bicyclic) bond motifs is 1. The SMILES string of the molecule is CCOC(=O)C1=C(C)N=c2sc(=Cc3ccc(-c4cccc([N+](=O)[O-])c4)o3)c(=O)n2C1c1ccccc1. The molecule has 0 bridgehead atoms. The number of nitrogens with zero attached hydrogens (tertiary/aromatic N) is 3. The Morgan fingerprint density at radius 3 is 2.70 bits per heavy atom. The van der Waals surface area contributed by atoms with E-state index in [0.29, 0.717) is 37.7 Å². The lowest BCUT2D eigenvalue weighted by Gasteiger charge is -2.24. The third-order valence-corrected chi connectivity index (χ3v) is 6.86. The molecule has 37 heavy (non-hydrogen) atoms. The molecule has 0 aliphatic carbocycles. The molecule has 1 unspecified atom stereocenters. The molecule has 3 heterocycles. The molecule has 0 N–H and O–H groups in total. The number of esters is 1. The Morgan fingerprint density at radius 1 is 1.19 bits per heavy atom. The van der Waals surface area contributed by atoms with E-state index in [1.54, 1.807) is 44.2 Å². The molecule has 186 valence electrons. The number of carbonyl (C=O) groups excluding carboxylic acids is 1. The first-order valence-electron chi connectivity index (χ1n) is 11.5. The number of ether oxygens (including phenoxy) is 1. The van der Waals surface area contributed by atoms with E-state index in [1.807, 2.05) is 30.3 Å². The third-order valence-electron chi connectivity index (χ3n) is 5.87. The maximum atomic E-state index is 13.6. The van der Waals surface area contributed by atoms with E-state index in [2.05, 4.69) is 4.99 Å². The van der Waals surface area contributed by atoms with Crippen LogP contribution in [0.4, 0.5) is 5.69 Å². The highest BCUT2D eigenvalue weighted by molar-refractivity contribution is 7.07. The minimum Gasteiger partial charge on any atom is -0.463 e. The van der Waals surface area contributed by atoms with E-state index in [9.17, 15) is 19.7 Å². The van der Waals surface area contributed by atoms with E-state index in [0.717, 1.165) is 5.56 Å². The smallest absolute Gasteiger partial charge is 0.338 e. The standard InChI is InChI=1S/C27H21N3O6S/c1-3-35-26(32)23-16(2)28-27-29(24(23)17-8-5-4-6-9-17)25(31)22(37-27)15-20-12-13-21(36-20)18-10-7-11-19(14-18)30(33)34/h4-15,24H,3H2,1-2H3. The molecular weight excluding hydrogens is 494 g/mol. The molecule has 0 fully saturated rings. The van der Waals surface area contributed by atoms with Gasteiger partial charge in [0.15, 0.2) is 4.80 Å². The molecule has 0 spiro atoms. The Balaban J connectivity index is 1.61. The van der Waals surface area contributed by atoms with Crippen molar-refractivity contribution in [3.05, 3.63) is 119 Å². The third kappa shape index (κ3) is 4.54. The van der Waals surface area contributed by atoms with Gasteiger partial charge in [0.1, 0.15) is 11.5 Å². The second-order valence-corrected chi connectivity index (χ2v) is 9.23. The van der Waals surface area contributed by atoms with Crippen LogP contribution in [0.2, 0.25) is 0 Å².